The van der Waals surface area contributed by atoms with E-state index < -0.39 is 6.04 Å². The van der Waals surface area contributed by atoms with Crippen LogP contribution in [0.25, 0.3) is 0 Å². The highest BCUT2D eigenvalue weighted by Crippen LogP contribution is 2.26. The van der Waals surface area contributed by atoms with E-state index in [-0.39, 0.29) is 11.8 Å². The van der Waals surface area contributed by atoms with E-state index in [2.05, 4.69) is 40.5 Å². The van der Waals surface area contributed by atoms with Gasteiger partial charge in [0.25, 0.3) is 5.91 Å². The highest BCUT2D eigenvalue weighted by atomic mass is 16.2. The Bertz CT molecular complexity index is 1170. The van der Waals surface area contributed by atoms with Crippen molar-refractivity contribution < 1.29 is 9.59 Å². The average molecular weight is 496 g/mol. The van der Waals surface area contributed by atoms with Crippen LogP contribution in [-0.4, -0.2) is 53.8 Å². The standard InChI is InChI=1S/C32H37N3O2/c36-31(33-18-9-19-34-20-16-27(17-21-34)22-25-10-3-1-4-11-25)30(23-26-12-5-2-6-13-26)35-24-28-14-7-8-15-29(28)32(35)37/h1-8,10-15,27,30H,9,16-24H2,(H,33,36). The Morgan fingerprint density at radius 3 is 2.22 bits per heavy atom. The molecule has 0 bridgehead atoms. The normalized spacial score (nSPS) is 17.0. The summed E-state index contributed by atoms with van der Waals surface area (Å²) < 4.78 is 0. The Kier molecular flexibility index (Phi) is 8.32. The summed E-state index contributed by atoms with van der Waals surface area (Å²) in [5.74, 6) is 0.649. The van der Waals surface area contributed by atoms with Gasteiger partial charge in [-0.15, -0.1) is 0 Å². The van der Waals surface area contributed by atoms with Crippen LogP contribution in [0.2, 0.25) is 0 Å². The maximum Gasteiger partial charge on any atom is 0.255 e. The molecule has 37 heavy (non-hydrogen) atoms. The molecule has 5 nitrogen and oxygen atoms in total. The maximum atomic E-state index is 13.4. The van der Waals surface area contributed by atoms with Crippen LogP contribution in [0.4, 0.5) is 0 Å². The lowest BCUT2D eigenvalue weighted by Gasteiger charge is -2.32. The van der Waals surface area contributed by atoms with Crippen molar-refractivity contribution in [3.05, 3.63) is 107 Å². The van der Waals surface area contributed by atoms with Gasteiger partial charge >= 0.3 is 0 Å². The molecule has 2 amide bonds. The number of piperidine rings is 1. The number of likely N-dealkylation sites (tertiary alicyclic amines) is 1. The van der Waals surface area contributed by atoms with Gasteiger partial charge in [-0.3, -0.25) is 9.59 Å². The van der Waals surface area contributed by atoms with Gasteiger partial charge in [0.2, 0.25) is 5.91 Å². The average Bonchev–Trinajstić information content (AvgIpc) is 3.27. The molecule has 5 heteroatoms. The number of fused-ring (bicyclic) bond motifs is 1. The van der Waals surface area contributed by atoms with Gasteiger partial charge in [0, 0.05) is 25.1 Å². The Morgan fingerprint density at radius 2 is 1.51 bits per heavy atom. The SMILES string of the molecule is O=C(NCCCN1CCC(Cc2ccccc2)CC1)C(Cc1ccccc1)N1Cc2ccccc2C1=O. The fourth-order valence-corrected chi connectivity index (χ4v) is 5.70. The van der Waals surface area contributed by atoms with Gasteiger partial charge < -0.3 is 15.1 Å². The second-order valence-corrected chi connectivity index (χ2v) is 10.4. The fraction of sp³-hybridized carbons (Fsp3) is 0.375. The van der Waals surface area contributed by atoms with Crippen molar-refractivity contribution in [2.75, 3.05) is 26.2 Å². The number of nitrogens with one attached hydrogen (secondary N) is 1. The number of hydrogen-bond acceptors (Lipinski definition) is 3. The molecule has 0 spiro atoms. The molecule has 0 aromatic heterocycles. The predicted molar refractivity (Wildman–Crippen MR) is 147 cm³/mol. The largest absolute Gasteiger partial charge is 0.354 e. The Labute approximate surface area is 220 Å². The molecule has 192 valence electrons. The Morgan fingerprint density at radius 1 is 0.865 bits per heavy atom. The number of rotatable bonds is 10. The van der Waals surface area contributed by atoms with E-state index in [9.17, 15) is 9.59 Å². The first-order valence-corrected chi connectivity index (χ1v) is 13.6. The van der Waals surface area contributed by atoms with Gasteiger partial charge in [-0.25, -0.2) is 0 Å². The predicted octanol–water partition coefficient (Wildman–Crippen LogP) is 4.71. The molecule has 0 radical (unpaired) electrons. The first-order chi connectivity index (χ1) is 18.2. The monoisotopic (exact) mass is 495 g/mol. The van der Waals surface area contributed by atoms with E-state index in [0.29, 0.717) is 25.1 Å². The second-order valence-electron chi connectivity index (χ2n) is 10.4. The number of carbonyl (C=O) groups excluding carboxylic acids is 2. The van der Waals surface area contributed by atoms with Crippen molar-refractivity contribution in [3.63, 3.8) is 0 Å². The lowest BCUT2D eigenvalue weighted by molar-refractivity contribution is -0.125. The fourth-order valence-electron chi connectivity index (χ4n) is 5.70. The van der Waals surface area contributed by atoms with Crippen molar-refractivity contribution in [1.82, 2.24) is 15.1 Å². The minimum absolute atomic E-state index is 0.0509. The summed E-state index contributed by atoms with van der Waals surface area (Å²) in [6, 6.07) is 27.9. The number of amides is 2. The number of nitrogens with zero attached hydrogens (tertiary/aromatic N) is 2. The molecule has 1 fully saturated rings. The summed E-state index contributed by atoms with van der Waals surface area (Å²) in [4.78, 5) is 30.8. The summed E-state index contributed by atoms with van der Waals surface area (Å²) in [5, 5.41) is 3.15. The molecule has 0 saturated carbocycles. The second kappa shape index (κ2) is 12.2. The third-order valence-corrected chi connectivity index (χ3v) is 7.82. The van der Waals surface area contributed by atoms with Crippen LogP contribution in [0, 0.1) is 5.92 Å². The van der Waals surface area contributed by atoms with Crippen molar-refractivity contribution in [3.8, 4) is 0 Å². The molecule has 0 aliphatic carbocycles. The van der Waals surface area contributed by atoms with E-state index >= 15 is 0 Å². The van der Waals surface area contributed by atoms with Gasteiger partial charge in [-0.1, -0.05) is 78.9 Å². The zero-order chi connectivity index (χ0) is 25.5. The summed E-state index contributed by atoms with van der Waals surface area (Å²) in [6.45, 7) is 4.36. The lowest BCUT2D eigenvalue weighted by Crippen LogP contribution is -2.48. The van der Waals surface area contributed by atoms with E-state index in [1.165, 1.54) is 24.8 Å². The highest BCUT2D eigenvalue weighted by Gasteiger charge is 2.36. The van der Waals surface area contributed by atoms with Gasteiger partial charge in [0.1, 0.15) is 6.04 Å². The van der Waals surface area contributed by atoms with E-state index in [0.717, 1.165) is 43.1 Å². The van der Waals surface area contributed by atoms with Crippen LogP contribution in [-0.2, 0) is 24.2 Å². The molecule has 3 aromatic rings. The minimum Gasteiger partial charge on any atom is -0.354 e. The van der Waals surface area contributed by atoms with Crippen LogP contribution >= 0.6 is 0 Å². The quantitative estimate of drug-likeness (QED) is 0.414. The van der Waals surface area contributed by atoms with Gasteiger partial charge in [0.05, 0.1) is 0 Å². The molecular weight excluding hydrogens is 458 g/mol. The lowest BCUT2D eigenvalue weighted by atomic mass is 9.90. The first-order valence-electron chi connectivity index (χ1n) is 13.6. The molecule has 2 aliphatic rings. The summed E-state index contributed by atoms with van der Waals surface area (Å²) in [5.41, 5.74) is 4.20. The number of hydrogen-bond donors (Lipinski definition) is 1. The molecule has 5 rings (SSSR count). The summed E-state index contributed by atoms with van der Waals surface area (Å²) >= 11 is 0. The van der Waals surface area contributed by atoms with Gasteiger partial charge in [-0.2, -0.15) is 0 Å². The molecule has 2 aliphatic heterocycles. The molecular formula is C32H37N3O2. The topological polar surface area (TPSA) is 52.7 Å². The van der Waals surface area contributed by atoms with E-state index in [4.69, 9.17) is 0 Å². The Balaban J connectivity index is 1.11. The van der Waals surface area contributed by atoms with Crippen molar-refractivity contribution >= 4 is 11.8 Å². The molecule has 1 saturated heterocycles. The van der Waals surface area contributed by atoms with Crippen molar-refractivity contribution in [2.24, 2.45) is 5.92 Å². The Hall–Kier alpha value is -3.44. The molecule has 1 N–H and O–H groups in total. The number of benzene rings is 3. The zero-order valence-corrected chi connectivity index (χ0v) is 21.5. The summed E-state index contributed by atoms with van der Waals surface area (Å²) in [7, 11) is 0. The third kappa shape index (κ3) is 6.47. The molecule has 1 atom stereocenters. The van der Waals surface area contributed by atoms with Crippen LogP contribution in [0.1, 0.15) is 46.3 Å². The smallest absolute Gasteiger partial charge is 0.255 e. The highest BCUT2D eigenvalue weighted by molar-refractivity contribution is 6.01. The van der Waals surface area contributed by atoms with Crippen LogP contribution < -0.4 is 5.32 Å². The zero-order valence-electron chi connectivity index (χ0n) is 21.5. The van der Waals surface area contributed by atoms with Gasteiger partial charge in [-0.05, 0) is 74.0 Å². The minimum atomic E-state index is -0.518. The van der Waals surface area contributed by atoms with Crippen molar-refractivity contribution in [1.29, 1.82) is 0 Å². The van der Waals surface area contributed by atoms with Crippen molar-refractivity contribution in [2.45, 2.75) is 44.7 Å². The first kappa shape index (κ1) is 25.2. The van der Waals surface area contributed by atoms with Crippen LogP contribution in [0.5, 0.6) is 0 Å². The molecule has 2 heterocycles. The molecule has 3 aromatic carbocycles. The van der Waals surface area contributed by atoms with Crippen LogP contribution in [0.15, 0.2) is 84.9 Å². The van der Waals surface area contributed by atoms with Gasteiger partial charge in [0.15, 0.2) is 0 Å². The van der Waals surface area contributed by atoms with Crippen LogP contribution in [0.3, 0.4) is 0 Å². The summed E-state index contributed by atoms with van der Waals surface area (Å²) in [6.07, 6.45) is 5.07. The third-order valence-electron chi connectivity index (χ3n) is 7.82. The van der Waals surface area contributed by atoms with E-state index in [1.54, 1.807) is 4.90 Å². The van der Waals surface area contributed by atoms with E-state index in [1.807, 2.05) is 54.6 Å². The number of carbonyl (C=O) groups is 2. The maximum absolute atomic E-state index is 13.4. The molecule has 1 unspecified atom stereocenters.